The predicted molar refractivity (Wildman–Crippen MR) is 118 cm³/mol. The lowest BCUT2D eigenvalue weighted by atomic mass is 10.0. The van der Waals surface area contributed by atoms with Crippen LogP contribution in [0.1, 0.15) is 36.1 Å². The lowest BCUT2D eigenvalue weighted by Crippen LogP contribution is -2.31. The molecule has 1 aromatic carbocycles. The fourth-order valence-corrected chi connectivity index (χ4v) is 4.24. The highest BCUT2D eigenvalue weighted by atomic mass is 16.5. The first-order valence-electron chi connectivity index (χ1n) is 11.0. The van der Waals surface area contributed by atoms with E-state index >= 15 is 0 Å². The predicted octanol–water partition coefficient (Wildman–Crippen LogP) is 3.37. The van der Waals surface area contributed by atoms with Gasteiger partial charge in [-0.2, -0.15) is 5.10 Å². The van der Waals surface area contributed by atoms with Gasteiger partial charge in [-0.05, 0) is 49.6 Å². The summed E-state index contributed by atoms with van der Waals surface area (Å²) < 4.78 is 7.81. The zero-order valence-electron chi connectivity index (χ0n) is 17.6. The third-order valence-corrected chi connectivity index (χ3v) is 5.93. The Morgan fingerprint density at radius 2 is 2.03 bits per heavy atom. The molecule has 0 fully saturated rings. The van der Waals surface area contributed by atoms with Crippen molar-refractivity contribution in [3.05, 3.63) is 65.6 Å². The molecule has 5 rings (SSSR count). The monoisotopic (exact) mass is 417 g/mol. The summed E-state index contributed by atoms with van der Waals surface area (Å²) >= 11 is 0. The zero-order valence-corrected chi connectivity index (χ0v) is 17.6. The van der Waals surface area contributed by atoms with Crippen LogP contribution in [0.4, 0.5) is 5.69 Å². The standard InChI is InChI=1S/C24H27N5O2/c30-24-9-7-18-6-8-20(15-22(18)26-24)31-14-4-3-12-28-13-10-21-19(16-28)17-29(27-21)23-5-1-2-11-25-23/h1-2,5-6,8,11,15,17H,3-4,7,9-10,12-14,16H2,(H,26,30). The molecule has 2 aliphatic rings. The first-order valence-corrected chi connectivity index (χ1v) is 11.0. The number of aryl methyl sites for hydroxylation is 1. The average molecular weight is 418 g/mol. The lowest BCUT2D eigenvalue weighted by molar-refractivity contribution is -0.116. The van der Waals surface area contributed by atoms with Gasteiger partial charge in [-0.3, -0.25) is 9.69 Å². The molecule has 0 bridgehead atoms. The molecule has 0 saturated carbocycles. The summed E-state index contributed by atoms with van der Waals surface area (Å²) in [6.45, 7) is 3.71. The van der Waals surface area contributed by atoms with E-state index in [1.54, 1.807) is 6.20 Å². The first kappa shape index (κ1) is 19.8. The van der Waals surface area contributed by atoms with Crippen LogP contribution in [0.25, 0.3) is 5.82 Å². The van der Waals surface area contributed by atoms with Crippen LogP contribution in [0.2, 0.25) is 0 Å². The molecular formula is C24H27N5O2. The van der Waals surface area contributed by atoms with Gasteiger partial charge in [0.1, 0.15) is 5.75 Å². The van der Waals surface area contributed by atoms with E-state index in [9.17, 15) is 4.79 Å². The van der Waals surface area contributed by atoms with Gasteiger partial charge in [-0.1, -0.05) is 12.1 Å². The Hall–Kier alpha value is -3.19. The van der Waals surface area contributed by atoms with Crippen molar-refractivity contribution in [1.82, 2.24) is 19.7 Å². The molecule has 0 unspecified atom stereocenters. The Balaban J connectivity index is 1.07. The minimum absolute atomic E-state index is 0.0833. The van der Waals surface area contributed by atoms with E-state index in [-0.39, 0.29) is 5.91 Å². The molecule has 1 N–H and O–H groups in total. The molecule has 0 radical (unpaired) electrons. The van der Waals surface area contributed by atoms with Gasteiger partial charge in [-0.15, -0.1) is 0 Å². The van der Waals surface area contributed by atoms with E-state index in [2.05, 4.69) is 27.5 Å². The van der Waals surface area contributed by atoms with E-state index in [4.69, 9.17) is 9.84 Å². The number of carbonyl (C=O) groups is 1. The van der Waals surface area contributed by atoms with Crippen LogP contribution in [0.5, 0.6) is 5.75 Å². The number of anilines is 1. The first-order chi connectivity index (χ1) is 15.2. The van der Waals surface area contributed by atoms with E-state index in [0.717, 1.165) is 62.6 Å². The quantitative estimate of drug-likeness (QED) is 0.597. The third kappa shape index (κ3) is 4.61. The van der Waals surface area contributed by atoms with Crippen molar-refractivity contribution in [3.8, 4) is 11.6 Å². The SMILES string of the molecule is O=C1CCc2ccc(OCCCCN3CCc4nn(-c5ccccn5)cc4C3)cc2N1. The fourth-order valence-electron chi connectivity index (χ4n) is 4.24. The number of nitrogens with one attached hydrogen (secondary N) is 1. The second-order valence-corrected chi connectivity index (χ2v) is 8.18. The summed E-state index contributed by atoms with van der Waals surface area (Å²) in [4.78, 5) is 18.4. The van der Waals surface area contributed by atoms with Gasteiger partial charge < -0.3 is 10.1 Å². The fraction of sp³-hybridized carbons (Fsp3) is 0.375. The summed E-state index contributed by atoms with van der Waals surface area (Å²) in [7, 11) is 0. The van der Waals surface area contributed by atoms with Crippen LogP contribution in [-0.2, 0) is 24.2 Å². The van der Waals surface area contributed by atoms with Gasteiger partial charge >= 0.3 is 0 Å². The van der Waals surface area contributed by atoms with Crippen molar-refractivity contribution in [2.45, 2.75) is 38.6 Å². The number of rotatable bonds is 7. The largest absolute Gasteiger partial charge is 0.494 e. The maximum absolute atomic E-state index is 11.6. The molecule has 2 aliphatic heterocycles. The Morgan fingerprint density at radius 3 is 2.94 bits per heavy atom. The van der Waals surface area contributed by atoms with Crippen LogP contribution in [-0.4, -0.2) is 45.3 Å². The summed E-state index contributed by atoms with van der Waals surface area (Å²) in [6, 6.07) is 11.9. The molecule has 160 valence electrons. The smallest absolute Gasteiger partial charge is 0.224 e. The lowest BCUT2D eigenvalue weighted by Gasteiger charge is -2.25. The average Bonchev–Trinajstić information content (AvgIpc) is 3.23. The maximum Gasteiger partial charge on any atom is 0.224 e. The van der Waals surface area contributed by atoms with Crippen LogP contribution < -0.4 is 10.1 Å². The topological polar surface area (TPSA) is 72.3 Å². The summed E-state index contributed by atoms with van der Waals surface area (Å²) in [6.07, 6.45) is 8.35. The molecule has 0 spiro atoms. The highest BCUT2D eigenvalue weighted by molar-refractivity contribution is 5.94. The number of hydrogen-bond donors (Lipinski definition) is 1. The van der Waals surface area contributed by atoms with Gasteiger partial charge in [0.15, 0.2) is 5.82 Å². The van der Waals surface area contributed by atoms with Crippen molar-refractivity contribution in [1.29, 1.82) is 0 Å². The number of hydrogen-bond acceptors (Lipinski definition) is 5. The summed E-state index contributed by atoms with van der Waals surface area (Å²) in [5.41, 5.74) is 4.56. The van der Waals surface area contributed by atoms with Crippen LogP contribution in [0, 0.1) is 0 Å². The molecule has 7 nitrogen and oxygen atoms in total. The number of amides is 1. The normalized spacial score (nSPS) is 15.8. The minimum atomic E-state index is 0.0833. The molecule has 31 heavy (non-hydrogen) atoms. The van der Waals surface area contributed by atoms with Crippen LogP contribution in [0.15, 0.2) is 48.8 Å². The summed E-state index contributed by atoms with van der Waals surface area (Å²) in [5.74, 6) is 1.77. The Labute approximate surface area is 182 Å². The van der Waals surface area contributed by atoms with Gasteiger partial charge in [0.2, 0.25) is 5.91 Å². The number of ether oxygens (including phenoxy) is 1. The number of nitrogens with zero attached hydrogens (tertiary/aromatic N) is 4. The van der Waals surface area contributed by atoms with Crippen LogP contribution >= 0.6 is 0 Å². The van der Waals surface area contributed by atoms with Crippen molar-refractivity contribution < 1.29 is 9.53 Å². The molecule has 4 heterocycles. The second-order valence-electron chi connectivity index (χ2n) is 8.18. The van der Waals surface area contributed by atoms with Gasteiger partial charge in [0, 0.05) is 55.6 Å². The number of fused-ring (bicyclic) bond motifs is 2. The summed E-state index contributed by atoms with van der Waals surface area (Å²) in [5, 5.41) is 7.64. The number of aromatic nitrogens is 3. The maximum atomic E-state index is 11.6. The molecule has 3 aromatic rings. The van der Waals surface area contributed by atoms with E-state index < -0.39 is 0 Å². The molecule has 0 atom stereocenters. The molecule has 0 aliphatic carbocycles. The van der Waals surface area contributed by atoms with E-state index in [1.807, 2.05) is 35.0 Å². The number of pyridine rings is 1. The van der Waals surface area contributed by atoms with E-state index in [0.29, 0.717) is 13.0 Å². The Bertz CT molecular complexity index is 1060. The molecule has 2 aromatic heterocycles. The highest BCUT2D eigenvalue weighted by Gasteiger charge is 2.20. The minimum Gasteiger partial charge on any atom is -0.494 e. The number of unbranched alkanes of at least 4 members (excludes halogenated alkanes) is 1. The molecule has 7 heteroatoms. The van der Waals surface area contributed by atoms with Gasteiger partial charge in [0.25, 0.3) is 0 Å². The second kappa shape index (κ2) is 8.89. The van der Waals surface area contributed by atoms with Crippen molar-refractivity contribution in [2.75, 3.05) is 25.0 Å². The molecular weight excluding hydrogens is 390 g/mol. The molecule has 1 amide bonds. The van der Waals surface area contributed by atoms with Crippen LogP contribution in [0.3, 0.4) is 0 Å². The third-order valence-electron chi connectivity index (χ3n) is 5.93. The zero-order chi connectivity index (χ0) is 21.0. The Morgan fingerprint density at radius 1 is 1.06 bits per heavy atom. The van der Waals surface area contributed by atoms with Gasteiger partial charge in [0.05, 0.1) is 12.3 Å². The van der Waals surface area contributed by atoms with Crippen molar-refractivity contribution in [3.63, 3.8) is 0 Å². The highest BCUT2D eigenvalue weighted by Crippen LogP contribution is 2.27. The Kier molecular flexibility index (Phi) is 5.67. The number of benzene rings is 1. The number of carbonyl (C=O) groups excluding carboxylic acids is 1. The van der Waals surface area contributed by atoms with Crippen molar-refractivity contribution in [2.24, 2.45) is 0 Å². The molecule has 0 saturated heterocycles. The van der Waals surface area contributed by atoms with E-state index in [1.165, 1.54) is 16.8 Å². The van der Waals surface area contributed by atoms with Crippen molar-refractivity contribution >= 4 is 11.6 Å². The van der Waals surface area contributed by atoms with Gasteiger partial charge in [-0.25, -0.2) is 9.67 Å².